The van der Waals surface area contributed by atoms with Crippen LogP contribution in [0.15, 0.2) is 24.3 Å². The fourth-order valence-electron chi connectivity index (χ4n) is 1.75. The number of carbonyl (C=O) groups excluding carboxylic acids is 1. The summed E-state index contributed by atoms with van der Waals surface area (Å²) in [5.41, 5.74) is 0.816. The molecule has 1 amide bonds. The zero-order valence-electron chi connectivity index (χ0n) is 11.6. The van der Waals surface area contributed by atoms with E-state index in [9.17, 15) is 9.18 Å². The van der Waals surface area contributed by atoms with Crippen LogP contribution in [0.25, 0.3) is 0 Å². The van der Waals surface area contributed by atoms with Gasteiger partial charge in [-0.05, 0) is 31.5 Å². The van der Waals surface area contributed by atoms with E-state index in [-0.39, 0.29) is 23.8 Å². The fourth-order valence-corrected chi connectivity index (χ4v) is 1.75. The van der Waals surface area contributed by atoms with E-state index in [2.05, 4.69) is 10.6 Å². The molecule has 0 aliphatic rings. The van der Waals surface area contributed by atoms with E-state index in [1.807, 2.05) is 13.0 Å². The van der Waals surface area contributed by atoms with Crippen LogP contribution in [0.4, 0.5) is 4.39 Å². The van der Waals surface area contributed by atoms with E-state index in [1.165, 1.54) is 12.1 Å². The number of hydrogen-bond acceptors (Lipinski definition) is 3. The van der Waals surface area contributed by atoms with Gasteiger partial charge in [0.25, 0.3) is 0 Å². The van der Waals surface area contributed by atoms with E-state index in [0.29, 0.717) is 13.2 Å². The van der Waals surface area contributed by atoms with Crippen molar-refractivity contribution >= 4 is 5.91 Å². The van der Waals surface area contributed by atoms with E-state index in [0.717, 1.165) is 5.56 Å². The maximum atomic E-state index is 13.1. The van der Waals surface area contributed by atoms with Crippen molar-refractivity contribution in [3.63, 3.8) is 0 Å². The highest BCUT2D eigenvalue weighted by molar-refractivity contribution is 5.81. The molecule has 0 fully saturated rings. The molecule has 2 atom stereocenters. The molecule has 4 nitrogen and oxygen atoms in total. The highest BCUT2D eigenvalue weighted by Gasteiger charge is 2.15. The molecule has 1 aromatic carbocycles. The highest BCUT2D eigenvalue weighted by atomic mass is 19.1. The summed E-state index contributed by atoms with van der Waals surface area (Å²) in [6, 6.07) is 5.90. The smallest absolute Gasteiger partial charge is 0.236 e. The SMILES string of the molecule is COCCNC(=O)C(C)NC(C)c1cccc(F)c1. The van der Waals surface area contributed by atoms with Crippen molar-refractivity contribution in [3.8, 4) is 0 Å². The number of rotatable bonds is 7. The maximum Gasteiger partial charge on any atom is 0.236 e. The first-order valence-electron chi connectivity index (χ1n) is 6.32. The zero-order chi connectivity index (χ0) is 14.3. The molecule has 5 heteroatoms. The second kappa shape index (κ2) is 7.86. The van der Waals surface area contributed by atoms with Crippen molar-refractivity contribution < 1.29 is 13.9 Å². The standard InChI is InChI=1S/C14H21FN2O2/c1-10(12-5-4-6-13(15)9-12)17-11(2)14(18)16-7-8-19-3/h4-6,9-11,17H,7-8H2,1-3H3,(H,16,18). The Hall–Kier alpha value is -1.46. The molecular formula is C14H21FN2O2. The van der Waals surface area contributed by atoms with Crippen LogP contribution in [0.3, 0.4) is 0 Å². The Morgan fingerprint density at radius 3 is 2.79 bits per heavy atom. The van der Waals surface area contributed by atoms with E-state index >= 15 is 0 Å². The molecule has 0 aliphatic carbocycles. The van der Waals surface area contributed by atoms with Crippen LogP contribution in [0.2, 0.25) is 0 Å². The average molecular weight is 268 g/mol. The summed E-state index contributed by atoms with van der Waals surface area (Å²) in [6.45, 7) is 4.64. The Bertz CT molecular complexity index is 412. The Morgan fingerprint density at radius 1 is 1.42 bits per heavy atom. The Morgan fingerprint density at radius 2 is 2.16 bits per heavy atom. The molecular weight excluding hydrogens is 247 g/mol. The summed E-state index contributed by atoms with van der Waals surface area (Å²) >= 11 is 0. The summed E-state index contributed by atoms with van der Waals surface area (Å²) in [6.07, 6.45) is 0. The van der Waals surface area contributed by atoms with Gasteiger partial charge in [0.05, 0.1) is 12.6 Å². The third kappa shape index (κ3) is 5.36. The highest BCUT2D eigenvalue weighted by Crippen LogP contribution is 2.13. The van der Waals surface area contributed by atoms with Gasteiger partial charge in [0.15, 0.2) is 0 Å². The first-order valence-corrected chi connectivity index (χ1v) is 6.32. The lowest BCUT2D eigenvalue weighted by Crippen LogP contribution is -2.44. The number of hydrogen-bond donors (Lipinski definition) is 2. The van der Waals surface area contributed by atoms with Gasteiger partial charge in [-0.1, -0.05) is 12.1 Å². The van der Waals surface area contributed by atoms with Gasteiger partial charge in [0.1, 0.15) is 5.82 Å². The normalized spacial score (nSPS) is 13.9. The molecule has 106 valence electrons. The second-order valence-electron chi connectivity index (χ2n) is 4.45. The van der Waals surface area contributed by atoms with Crippen LogP contribution in [-0.4, -0.2) is 32.2 Å². The maximum absolute atomic E-state index is 13.1. The molecule has 2 unspecified atom stereocenters. The Labute approximate surface area is 113 Å². The van der Waals surface area contributed by atoms with Gasteiger partial charge in [-0.2, -0.15) is 0 Å². The lowest BCUT2D eigenvalue weighted by atomic mass is 10.1. The molecule has 0 spiro atoms. The number of methoxy groups -OCH3 is 1. The number of ether oxygens (including phenoxy) is 1. The summed E-state index contributed by atoms with van der Waals surface area (Å²) < 4.78 is 18.0. The summed E-state index contributed by atoms with van der Waals surface area (Å²) in [5, 5.41) is 5.88. The van der Waals surface area contributed by atoms with E-state index in [4.69, 9.17) is 4.74 Å². The van der Waals surface area contributed by atoms with Crippen molar-refractivity contribution in [3.05, 3.63) is 35.6 Å². The summed E-state index contributed by atoms with van der Waals surface area (Å²) in [7, 11) is 1.58. The van der Waals surface area contributed by atoms with Gasteiger partial charge in [-0.25, -0.2) is 4.39 Å². The van der Waals surface area contributed by atoms with Crippen LogP contribution in [-0.2, 0) is 9.53 Å². The van der Waals surface area contributed by atoms with E-state index in [1.54, 1.807) is 20.1 Å². The molecule has 0 aromatic heterocycles. The minimum absolute atomic E-state index is 0.0969. The average Bonchev–Trinajstić information content (AvgIpc) is 2.38. The number of benzene rings is 1. The zero-order valence-corrected chi connectivity index (χ0v) is 11.6. The van der Waals surface area contributed by atoms with Gasteiger partial charge in [-0.3, -0.25) is 10.1 Å². The number of halogens is 1. The monoisotopic (exact) mass is 268 g/mol. The first kappa shape index (κ1) is 15.6. The molecule has 0 saturated carbocycles. The number of amides is 1. The van der Waals surface area contributed by atoms with Crippen LogP contribution in [0.1, 0.15) is 25.5 Å². The molecule has 0 heterocycles. The summed E-state index contributed by atoms with van der Waals surface area (Å²) in [4.78, 5) is 11.7. The van der Waals surface area contributed by atoms with Crippen LogP contribution in [0, 0.1) is 5.82 Å². The molecule has 1 aromatic rings. The van der Waals surface area contributed by atoms with Gasteiger partial charge >= 0.3 is 0 Å². The Kier molecular flexibility index (Phi) is 6.45. The van der Waals surface area contributed by atoms with Gasteiger partial charge < -0.3 is 10.1 Å². The third-order valence-electron chi connectivity index (χ3n) is 2.85. The predicted molar refractivity (Wildman–Crippen MR) is 72.3 cm³/mol. The van der Waals surface area contributed by atoms with Crippen molar-refractivity contribution in [1.29, 1.82) is 0 Å². The molecule has 0 saturated heterocycles. The Balaban J connectivity index is 2.47. The van der Waals surface area contributed by atoms with Gasteiger partial charge in [0.2, 0.25) is 5.91 Å². The first-order chi connectivity index (χ1) is 9.04. The van der Waals surface area contributed by atoms with Crippen molar-refractivity contribution in [2.75, 3.05) is 20.3 Å². The summed E-state index contributed by atoms with van der Waals surface area (Å²) in [5.74, 6) is -0.372. The topological polar surface area (TPSA) is 50.4 Å². The lowest BCUT2D eigenvalue weighted by molar-refractivity contribution is -0.123. The van der Waals surface area contributed by atoms with Crippen LogP contribution in [0.5, 0.6) is 0 Å². The predicted octanol–water partition coefficient (Wildman–Crippen LogP) is 1.63. The van der Waals surface area contributed by atoms with Crippen molar-refractivity contribution in [2.45, 2.75) is 25.9 Å². The fraction of sp³-hybridized carbons (Fsp3) is 0.500. The molecule has 0 radical (unpaired) electrons. The number of carbonyl (C=O) groups is 1. The van der Waals surface area contributed by atoms with Crippen molar-refractivity contribution in [2.24, 2.45) is 0 Å². The van der Waals surface area contributed by atoms with Gasteiger partial charge in [0, 0.05) is 19.7 Å². The quantitative estimate of drug-likeness (QED) is 0.739. The van der Waals surface area contributed by atoms with E-state index < -0.39 is 0 Å². The third-order valence-corrected chi connectivity index (χ3v) is 2.85. The second-order valence-corrected chi connectivity index (χ2v) is 4.45. The molecule has 0 bridgehead atoms. The largest absolute Gasteiger partial charge is 0.383 e. The van der Waals surface area contributed by atoms with Gasteiger partial charge in [-0.15, -0.1) is 0 Å². The number of nitrogens with one attached hydrogen (secondary N) is 2. The molecule has 1 rings (SSSR count). The minimum atomic E-state index is -0.352. The van der Waals surface area contributed by atoms with Crippen LogP contribution >= 0.6 is 0 Å². The van der Waals surface area contributed by atoms with Crippen LogP contribution < -0.4 is 10.6 Å². The molecule has 0 aliphatic heterocycles. The molecule has 19 heavy (non-hydrogen) atoms. The molecule has 2 N–H and O–H groups in total. The van der Waals surface area contributed by atoms with Crippen molar-refractivity contribution in [1.82, 2.24) is 10.6 Å². The minimum Gasteiger partial charge on any atom is -0.383 e. The lowest BCUT2D eigenvalue weighted by Gasteiger charge is -2.20.